The summed E-state index contributed by atoms with van der Waals surface area (Å²) < 4.78 is 0. The first-order valence-corrected chi connectivity index (χ1v) is 4.60. The molecule has 2 heteroatoms. The summed E-state index contributed by atoms with van der Waals surface area (Å²) in [6.07, 6.45) is 1.20. The van der Waals surface area contributed by atoms with E-state index in [-0.39, 0.29) is 12.4 Å². The minimum Gasteiger partial charge on any atom is -1.00 e. The normalized spacial score (nSPS) is 9.38. The molecule has 0 spiro atoms. The number of rotatable bonds is 4. The Hall–Kier alpha value is -0.530. The maximum absolute atomic E-state index is 3.39. The van der Waals surface area contributed by atoms with Crippen LogP contribution in [0.1, 0.15) is 24.5 Å². The Morgan fingerprint density at radius 1 is 1.23 bits per heavy atom. The molecule has 1 nitrogen and oxygen atoms in total. The fourth-order valence-corrected chi connectivity index (χ4v) is 1.21. The van der Waals surface area contributed by atoms with Gasteiger partial charge in [0.2, 0.25) is 0 Å². The van der Waals surface area contributed by atoms with Gasteiger partial charge in [-0.1, -0.05) is 31.2 Å². The first-order valence-electron chi connectivity index (χ1n) is 4.60. The minimum absolute atomic E-state index is 0. The lowest BCUT2D eigenvalue weighted by Gasteiger charge is -2.05. The molecule has 0 saturated carbocycles. The molecule has 0 bridgehead atoms. The Morgan fingerprint density at radius 2 is 1.92 bits per heavy atom. The van der Waals surface area contributed by atoms with Crippen LogP contribution in [0.4, 0.5) is 0 Å². The van der Waals surface area contributed by atoms with E-state index in [0.29, 0.717) is 0 Å². The van der Waals surface area contributed by atoms with Crippen LogP contribution in [0.25, 0.3) is 0 Å². The van der Waals surface area contributed by atoms with Crippen molar-refractivity contribution in [1.29, 1.82) is 0 Å². The minimum atomic E-state index is 0. The summed E-state index contributed by atoms with van der Waals surface area (Å²) in [5.41, 5.74) is 2.78. The quantitative estimate of drug-likeness (QED) is 0.644. The predicted molar refractivity (Wildman–Crippen MR) is 53.2 cm³/mol. The van der Waals surface area contributed by atoms with E-state index < -0.39 is 0 Å². The van der Waals surface area contributed by atoms with Crippen molar-refractivity contribution >= 4 is 0 Å². The Kier molecular flexibility index (Phi) is 6.65. The average Bonchev–Trinajstić information content (AvgIpc) is 2.09. The first kappa shape index (κ1) is 12.5. The molecule has 1 rings (SSSR count). The van der Waals surface area contributed by atoms with Crippen LogP contribution in [0.15, 0.2) is 24.3 Å². The zero-order valence-electron chi connectivity index (χ0n) is 8.31. The van der Waals surface area contributed by atoms with Gasteiger partial charge >= 0.3 is 0 Å². The van der Waals surface area contributed by atoms with Crippen LogP contribution in [0.2, 0.25) is 0 Å². The van der Waals surface area contributed by atoms with E-state index in [1.165, 1.54) is 17.5 Å². The Bertz CT molecular complexity index is 235. The van der Waals surface area contributed by atoms with Gasteiger partial charge < -0.3 is 17.7 Å². The Balaban J connectivity index is 0.00000144. The molecule has 0 unspecified atom stereocenters. The van der Waals surface area contributed by atoms with Crippen molar-refractivity contribution in [3.05, 3.63) is 35.4 Å². The van der Waals surface area contributed by atoms with Crippen LogP contribution in [0, 0.1) is 6.92 Å². The van der Waals surface area contributed by atoms with Crippen molar-refractivity contribution in [2.45, 2.75) is 26.8 Å². The summed E-state index contributed by atoms with van der Waals surface area (Å²) in [4.78, 5) is 0. The number of nitrogens with one attached hydrogen (secondary N) is 1. The number of halogens is 1. The maximum Gasteiger partial charge on any atom is 0.0208 e. The van der Waals surface area contributed by atoms with Crippen molar-refractivity contribution in [2.75, 3.05) is 6.54 Å². The monoisotopic (exact) mass is 198 g/mol. The molecule has 0 aliphatic carbocycles. The highest BCUT2D eigenvalue weighted by Gasteiger charge is 1.94. The van der Waals surface area contributed by atoms with Gasteiger partial charge in [-0.15, -0.1) is 0 Å². The SMILES string of the molecule is CCCNCc1ccccc1C.[Cl-]. The van der Waals surface area contributed by atoms with Crippen LogP contribution in [0.5, 0.6) is 0 Å². The highest BCUT2D eigenvalue weighted by molar-refractivity contribution is 5.25. The lowest BCUT2D eigenvalue weighted by atomic mass is 10.1. The molecule has 0 aromatic heterocycles. The third-order valence-electron chi connectivity index (χ3n) is 2.00. The first-order chi connectivity index (χ1) is 5.84. The van der Waals surface area contributed by atoms with Gasteiger partial charge in [-0.2, -0.15) is 0 Å². The second-order valence-corrected chi connectivity index (χ2v) is 3.10. The van der Waals surface area contributed by atoms with Crippen LogP contribution >= 0.6 is 0 Å². The van der Waals surface area contributed by atoms with Crippen molar-refractivity contribution in [1.82, 2.24) is 5.32 Å². The Labute approximate surface area is 87.0 Å². The largest absolute Gasteiger partial charge is 1.00 e. The van der Waals surface area contributed by atoms with Gasteiger partial charge in [-0.3, -0.25) is 0 Å². The van der Waals surface area contributed by atoms with Crippen molar-refractivity contribution in [2.24, 2.45) is 0 Å². The van der Waals surface area contributed by atoms with E-state index >= 15 is 0 Å². The fraction of sp³-hybridized carbons (Fsp3) is 0.455. The second-order valence-electron chi connectivity index (χ2n) is 3.10. The van der Waals surface area contributed by atoms with Crippen molar-refractivity contribution < 1.29 is 12.4 Å². The van der Waals surface area contributed by atoms with Crippen LogP contribution in [-0.4, -0.2) is 6.54 Å². The van der Waals surface area contributed by atoms with Gasteiger partial charge in [-0.05, 0) is 31.0 Å². The zero-order valence-corrected chi connectivity index (χ0v) is 9.06. The van der Waals surface area contributed by atoms with E-state index in [4.69, 9.17) is 0 Å². The van der Waals surface area contributed by atoms with Crippen LogP contribution in [0.3, 0.4) is 0 Å². The summed E-state index contributed by atoms with van der Waals surface area (Å²) in [6.45, 7) is 6.45. The molecule has 0 atom stereocenters. The van der Waals surface area contributed by atoms with E-state index in [1.807, 2.05) is 0 Å². The highest BCUT2D eigenvalue weighted by Crippen LogP contribution is 2.05. The van der Waals surface area contributed by atoms with E-state index in [2.05, 4.69) is 43.4 Å². The van der Waals surface area contributed by atoms with Gasteiger partial charge in [0.15, 0.2) is 0 Å². The van der Waals surface area contributed by atoms with Gasteiger partial charge in [-0.25, -0.2) is 0 Å². The molecule has 0 aliphatic heterocycles. The van der Waals surface area contributed by atoms with Gasteiger partial charge in [0.25, 0.3) is 0 Å². The van der Waals surface area contributed by atoms with Crippen LogP contribution in [-0.2, 0) is 6.54 Å². The lowest BCUT2D eigenvalue weighted by Crippen LogP contribution is -3.00. The van der Waals surface area contributed by atoms with E-state index in [0.717, 1.165) is 13.1 Å². The average molecular weight is 199 g/mol. The summed E-state index contributed by atoms with van der Waals surface area (Å²) in [7, 11) is 0. The maximum atomic E-state index is 3.39. The summed E-state index contributed by atoms with van der Waals surface area (Å²) in [6, 6.07) is 8.51. The molecular formula is C11H17ClN-. The van der Waals surface area contributed by atoms with Crippen molar-refractivity contribution in [3.63, 3.8) is 0 Å². The van der Waals surface area contributed by atoms with E-state index in [1.54, 1.807) is 0 Å². The molecule has 0 heterocycles. The summed E-state index contributed by atoms with van der Waals surface area (Å²) >= 11 is 0. The number of hydrogen-bond donors (Lipinski definition) is 1. The summed E-state index contributed by atoms with van der Waals surface area (Å²) in [5.74, 6) is 0. The smallest absolute Gasteiger partial charge is 0.0208 e. The molecule has 74 valence electrons. The van der Waals surface area contributed by atoms with E-state index in [9.17, 15) is 0 Å². The molecule has 0 fully saturated rings. The molecule has 0 amide bonds. The van der Waals surface area contributed by atoms with Crippen molar-refractivity contribution in [3.8, 4) is 0 Å². The summed E-state index contributed by atoms with van der Waals surface area (Å²) in [5, 5.41) is 3.39. The molecule has 1 aromatic rings. The number of hydrogen-bond acceptors (Lipinski definition) is 1. The molecule has 1 N–H and O–H groups in total. The molecule has 0 saturated heterocycles. The van der Waals surface area contributed by atoms with Gasteiger partial charge in [0.05, 0.1) is 0 Å². The number of benzene rings is 1. The highest BCUT2D eigenvalue weighted by atomic mass is 35.5. The third-order valence-corrected chi connectivity index (χ3v) is 2.00. The zero-order chi connectivity index (χ0) is 8.81. The fourth-order valence-electron chi connectivity index (χ4n) is 1.21. The standard InChI is InChI=1S/C11H17N.ClH/c1-3-8-12-9-11-7-5-4-6-10(11)2;/h4-7,12H,3,8-9H2,1-2H3;1H/p-1. The number of aryl methyl sites for hydroxylation is 1. The Morgan fingerprint density at radius 3 is 2.54 bits per heavy atom. The third kappa shape index (κ3) is 4.30. The molecule has 13 heavy (non-hydrogen) atoms. The topological polar surface area (TPSA) is 12.0 Å². The van der Waals surface area contributed by atoms with Crippen LogP contribution < -0.4 is 17.7 Å². The predicted octanol–water partition coefficient (Wildman–Crippen LogP) is -0.501. The molecular weight excluding hydrogens is 182 g/mol. The molecule has 0 aliphatic rings. The second kappa shape index (κ2) is 6.93. The van der Waals surface area contributed by atoms with Gasteiger partial charge in [0.1, 0.15) is 0 Å². The lowest BCUT2D eigenvalue weighted by molar-refractivity contribution is -0.00000265. The molecule has 1 aromatic carbocycles. The molecule has 0 radical (unpaired) electrons. The van der Waals surface area contributed by atoms with Gasteiger partial charge in [0, 0.05) is 6.54 Å².